The van der Waals surface area contributed by atoms with Gasteiger partial charge in [-0.3, -0.25) is 9.59 Å². The van der Waals surface area contributed by atoms with Crippen LogP contribution < -0.4 is 14.9 Å². The molecule has 33 heavy (non-hydrogen) atoms. The van der Waals surface area contributed by atoms with Crippen molar-refractivity contribution >= 4 is 28.5 Å². The molecule has 0 saturated carbocycles. The van der Waals surface area contributed by atoms with Crippen LogP contribution >= 0.6 is 11.6 Å². The van der Waals surface area contributed by atoms with Gasteiger partial charge in [0.2, 0.25) is 12.6 Å². The van der Waals surface area contributed by atoms with Crippen LogP contribution in [0.4, 0.5) is 0 Å². The van der Waals surface area contributed by atoms with E-state index < -0.39 is 11.9 Å². The Morgan fingerprint density at radius 3 is 2.58 bits per heavy atom. The number of hydrogen-bond acceptors (Lipinski definition) is 6. The summed E-state index contributed by atoms with van der Waals surface area (Å²) in [6, 6.07) is 15.9. The van der Waals surface area contributed by atoms with Gasteiger partial charge in [-0.25, -0.2) is 0 Å². The van der Waals surface area contributed by atoms with Gasteiger partial charge in [-0.2, -0.15) is 0 Å². The van der Waals surface area contributed by atoms with Crippen molar-refractivity contribution in [2.75, 3.05) is 6.79 Å². The maximum absolute atomic E-state index is 13.5. The lowest BCUT2D eigenvalue weighted by molar-refractivity contribution is 0.0714. The summed E-state index contributed by atoms with van der Waals surface area (Å²) in [5.41, 5.74) is 1.72. The second-order valence-electron chi connectivity index (χ2n) is 7.93. The molecule has 164 valence electrons. The van der Waals surface area contributed by atoms with E-state index in [0.717, 1.165) is 5.56 Å². The van der Waals surface area contributed by atoms with E-state index in [1.54, 1.807) is 41.3 Å². The third kappa shape index (κ3) is 3.12. The first-order chi connectivity index (χ1) is 16.0. The molecule has 3 heterocycles. The lowest BCUT2D eigenvalue weighted by Gasteiger charge is -2.25. The average Bonchev–Trinajstić information content (AvgIpc) is 3.38. The Bertz CT molecular complexity index is 1490. The monoisotopic (exact) mass is 461 g/mol. The van der Waals surface area contributed by atoms with Crippen LogP contribution in [0, 0.1) is 0 Å². The highest BCUT2D eigenvalue weighted by molar-refractivity contribution is 6.31. The van der Waals surface area contributed by atoms with Crippen LogP contribution in [0.1, 0.15) is 33.3 Å². The maximum atomic E-state index is 13.5. The Labute approximate surface area is 192 Å². The molecule has 1 N–H and O–H groups in total. The van der Waals surface area contributed by atoms with Crippen molar-refractivity contribution in [3.8, 4) is 17.2 Å². The Balaban J connectivity index is 1.52. The van der Waals surface area contributed by atoms with Gasteiger partial charge >= 0.3 is 0 Å². The van der Waals surface area contributed by atoms with Crippen molar-refractivity contribution in [1.82, 2.24) is 4.90 Å². The van der Waals surface area contributed by atoms with Gasteiger partial charge in [0.1, 0.15) is 11.3 Å². The summed E-state index contributed by atoms with van der Waals surface area (Å²) < 4.78 is 16.8. The molecule has 0 aliphatic carbocycles. The third-order valence-electron chi connectivity index (χ3n) is 5.93. The summed E-state index contributed by atoms with van der Waals surface area (Å²) in [5.74, 6) is 0.948. The Hall–Kier alpha value is -3.97. The highest BCUT2D eigenvalue weighted by Crippen LogP contribution is 2.41. The van der Waals surface area contributed by atoms with Crippen LogP contribution in [-0.4, -0.2) is 22.7 Å². The molecule has 2 aliphatic heterocycles. The second kappa shape index (κ2) is 7.28. The number of nitrogens with zero attached hydrogens (tertiary/aromatic N) is 1. The lowest BCUT2D eigenvalue weighted by atomic mass is 9.98. The molecule has 8 heteroatoms. The molecule has 1 unspecified atom stereocenters. The van der Waals surface area contributed by atoms with Gasteiger partial charge in [-0.15, -0.1) is 0 Å². The van der Waals surface area contributed by atoms with E-state index in [-0.39, 0.29) is 35.8 Å². The van der Waals surface area contributed by atoms with Crippen molar-refractivity contribution in [2.45, 2.75) is 12.6 Å². The number of rotatable bonds is 3. The normalized spacial score (nSPS) is 16.5. The van der Waals surface area contributed by atoms with Gasteiger partial charge in [0, 0.05) is 11.6 Å². The minimum atomic E-state index is -0.696. The second-order valence-corrected chi connectivity index (χ2v) is 8.37. The molecule has 0 radical (unpaired) electrons. The minimum absolute atomic E-state index is 0.00800. The van der Waals surface area contributed by atoms with Gasteiger partial charge in [0.15, 0.2) is 16.9 Å². The van der Waals surface area contributed by atoms with E-state index in [1.165, 1.54) is 12.1 Å². The van der Waals surface area contributed by atoms with Crippen LogP contribution in [0.25, 0.3) is 11.0 Å². The number of carbonyl (C=O) groups is 1. The number of phenols is 1. The SMILES string of the molecule is O=C1c2oc3ccc(Cl)cc3c(=O)c2C(c2ccc(O)cc2)N1Cc1ccc2c(c1)OCO2. The van der Waals surface area contributed by atoms with Crippen LogP contribution in [-0.2, 0) is 6.54 Å². The van der Waals surface area contributed by atoms with Crippen LogP contribution in [0.15, 0.2) is 69.9 Å². The first kappa shape index (κ1) is 19.7. The molecule has 0 saturated heterocycles. The number of benzene rings is 3. The average molecular weight is 462 g/mol. The number of carbonyl (C=O) groups excluding carboxylic acids is 1. The number of hydrogen-bond donors (Lipinski definition) is 1. The van der Waals surface area contributed by atoms with Gasteiger partial charge in [0.05, 0.1) is 17.0 Å². The molecule has 0 spiro atoms. The predicted octanol–water partition coefficient (Wildman–Crippen LogP) is 4.63. The first-order valence-electron chi connectivity index (χ1n) is 10.2. The molecule has 1 aromatic heterocycles. The molecule has 3 aromatic carbocycles. The van der Waals surface area contributed by atoms with E-state index in [1.807, 2.05) is 12.1 Å². The molecule has 6 rings (SSSR count). The molecule has 1 amide bonds. The molecule has 7 nitrogen and oxygen atoms in total. The number of ether oxygens (including phenoxy) is 2. The van der Waals surface area contributed by atoms with Gasteiger partial charge < -0.3 is 23.9 Å². The van der Waals surface area contributed by atoms with Crippen molar-refractivity contribution in [2.24, 2.45) is 0 Å². The summed E-state index contributed by atoms with van der Waals surface area (Å²) in [4.78, 5) is 28.6. The zero-order valence-electron chi connectivity index (χ0n) is 17.1. The summed E-state index contributed by atoms with van der Waals surface area (Å²) in [5, 5.41) is 10.5. The number of aromatic hydroxyl groups is 1. The molecular formula is C25H16ClNO6. The summed E-state index contributed by atoms with van der Waals surface area (Å²) in [7, 11) is 0. The summed E-state index contributed by atoms with van der Waals surface area (Å²) >= 11 is 6.12. The minimum Gasteiger partial charge on any atom is -0.508 e. The molecule has 4 aromatic rings. The van der Waals surface area contributed by atoms with Crippen LogP contribution in [0.5, 0.6) is 17.2 Å². The van der Waals surface area contributed by atoms with Crippen molar-refractivity contribution in [1.29, 1.82) is 0 Å². The standard InChI is InChI=1S/C25H16ClNO6/c26-15-4-8-18-17(10-15)23(29)21-22(14-2-5-16(28)6-3-14)27(25(30)24(21)33-18)11-13-1-7-19-20(9-13)32-12-31-19/h1-10,22,28H,11-12H2. The van der Waals surface area contributed by atoms with Crippen LogP contribution in [0.3, 0.4) is 0 Å². The quantitative estimate of drug-likeness (QED) is 0.478. The predicted molar refractivity (Wildman–Crippen MR) is 120 cm³/mol. The van der Waals surface area contributed by atoms with Crippen molar-refractivity contribution in [3.05, 3.63) is 98.4 Å². The molecular weight excluding hydrogens is 446 g/mol. The Morgan fingerprint density at radius 2 is 1.76 bits per heavy atom. The molecule has 2 aliphatic rings. The van der Waals surface area contributed by atoms with Crippen molar-refractivity contribution in [3.63, 3.8) is 0 Å². The number of fused-ring (bicyclic) bond motifs is 3. The van der Waals surface area contributed by atoms with E-state index in [2.05, 4.69) is 0 Å². The van der Waals surface area contributed by atoms with E-state index >= 15 is 0 Å². The summed E-state index contributed by atoms with van der Waals surface area (Å²) in [6.07, 6.45) is 0. The van der Waals surface area contributed by atoms with E-state index in [4.69, 9.17) is 25.5 Å². The number of amides is 1. The zero-order valence-corrected chi connectivity index (χ0v) is 17.8. The fourth-order valence-corrected chi connectivity index (χ4v) is 4.57. The Kier molecular flexibility index (Phi) is 4.35. The smallest absolute Gasteiger partial charge is 0.291 e. The van der Waals surface area contributed by atoms with E-state index in [9.17, 15) is 14.7 Å². The maximum Gasteiger partial charge on any atom is 0.291 e. The lowest BCUT2D eigenvalue weighted by Crippen LogP contribution is -2.29. The van der Waals surface area contributed by atoms with E-state index in [0.29, 0.717) is 33.1 Å². The zero-order chi connectivity index (χ0) is 22.7. The van der Waals surface area contributed by atoms with Gasteiger partial charge in [-0.05, 0) is 53.6 Å². The summed E-state index contributed by atoms with van der Waals surface area (Å²) in [6.45, 7) is 0.359. The van der Waals surface area contributed by atoms with Gasteiger partial charge in [-0.1, -0.05) is 29.8 Å². The number of phenolic OH excluding ortho intramolecular Hbond substituents is 1. The first-order valence-corrected chi connectivity index (χ1v) is 10.6. The van der Waals surface area contributed by atoms with Gasteiger partial charge in [0.25, 0.3) is 5.91 Å². The largest absolute Gasteiger partial charge is 0.508 e. The molecule has 0 fully saturated rings. The fraction of sp³-hybridized carbons (Fsp3) is 0.120. The molecule has 1 atom stereocenters. The van der Waals surface area contributed by atoms with Crippen molar-refractivity contribution < 1.29 is 23.8 Å². The fourth-order valence-electron chi connectivity index (χ4n) is 4.39. The molecule has 0 bridgehead atoms. The topological polar surface area (TPSA) is 89.2 Å². The third-order valence-corrected chi connectivity index (χ3v) is 6.16. The highest BCUT2D eigenvalue weighted by Gasteiger charge is 2.42. The van der Waals surface area contributed by atoms with Crippen LogP contribution in [0.2, 0.25) is 5.02 Å². The highest BCUT2D eigenvalue weighted by atomic mass is 35.5. The number of halogens is 1. The Morgan fingerprint density at radius 1 is 0.970 bits per heavy atom.